The van der Waals surface area contributed by atoms with Crippen molar-refractivity contribution in [3.63, 3.8) is 0 Å². The third kappa shape index (κ3) is 2.83. The Morgan fingerprint density at radius 1 is 1.42 bits per heavy atom. The Hall–Kier alpha value is -2.11. The molecule has 6 heteroatoms. The molecule has 2 rings (SSSR count). The summed E-state index contributed by atoms with van der Waals surface area (Å²) in [7, 11) is 3.54. The van der Waals surface area contributed by atoms with Gasteiger partial charge >= 0.3 is 0 Å². The van der Waals surface area contributed by atoms with E-state index < -0.39 is 0 Å². The van der Waals surface area contributed by atoms with Gasteiger partial charge in [-0.15, -0.1) is 0 Å². The summed E-state index contributed by atoms with van der Waals surface area (Å²) in [5, 5.41) is 7.65. The van der Waals surface area contributed by atoms with Crippen molar-refractivity contribution in [2.24, 2.45) is 7.05 Å². The van der Waals surface area contributed by atoms with E-state index in [0.29, 0.717) is 12.5 Å². The molecule has 0 spiro atoms. The van der Waals surface area contributed by atoms with Crippen LogP contribution in [-0.4, -0.2) is 26.9 Å². The predicted octanol–water partition coefficient (Wildman–Crippen LogP) is 1.70. The number of nitrogens with one attached hydrogen (secondary N) is 1. The lowest BCUT2D eigenvalue weighted by atomic mass is 10.2. The van der Waals surface area contributed by atoms with Crippen LogP contribution >= 0.6 is 0 Å². The topological polar surface area (TPSA) is 64.9 Å². The molecular weight excluding hydrogens is 242 g/mol. The van der Waals surface area contributed by atoms with Crippen LogP contribution in [0.2, 0.25) is 0 Å². The predicted molar refractivity (Wildman–Crippen MR) is 73.2 cm³/mol. The van der Waals surface area contributed by atoms with E-state index in [2.05, 4.69) is 27.3 Å². The van der Waals surface area contributed by atoms with Gasteiger partial charge in [-0.05, 0) is 19.4 Å². The van der Waals surface area contributed by atoms with Crippen LogP contribution in [0.4, 0.5) is 5.95 Å². The van der Waals surface area contributed by atoms with E-state index in [1.54, 1.807) is 18.0 Å². The number of methoxy groups -OCH3 is 1. The van der Waals surface area contributed by atoms with E-state index in [1.165, 1.54) is 0 Å². The molecule has 2 aromatic rings. The number of hydrogen-bond acceptors (Lipinski definition) is 5. The first-order chi connectivity index (χ1) is 9.15. The molecule has 0 amide bonds. The van der Waals surface area contributed by atoms with Gasteiger partial charge in [-0.25, -0.2) is 14.6 Å². The Labute approximate surface area is 112 Å². The van der Waals surface area contributed by atoms with Crippen LogP contribution < -0.4 is 10.1 Å². The molecule has 0 atom stereocenters. The molecular formula is C13H19N5O. The number of anilines is 1. The van der Waals surface area contributed by atoms with Gasteiger partial charge in [0.25, 0.3) is 0 Å². The number of ether oxygens (including phenoxy) is 1. The van der Waals surface area contributed by atoms with Crippen molar-refractivity contribution in [3.05, 3.63) is 29.2 Å². The molecule has 2 aromatic heterocycles. The zero-order chi connectivity index (χ0) is 13.8. The van der Waals surface area contributed by atoms with E-state index in [4.69, 9.17) is 4.74 Å². The van der Waals surface area contributed by atoms with Crippen LogP contribution in [0, 0.1) is 6.92 Å². The van der Waals surface area contributed by atoms with Crippen LogP contribution in [0.15, 0.2) is 12.3 Å². The first-order valence-corrected chi connectivity index (χ1v) is 6.28. The lowest BCUT2D eigenvalue weighted by Crippen LogP contribution is -2.06. The molecule has 0 saturated carbocycles. The molecule has 19 heavy (non-hydrogen) atoms. The second-order valence-electron chi connectivity index (χ2n) is 4.29. The van der Waals surface area contributed by atoms with E-state index in [0.717, 1.165) is 29.3 Å². The fourth-order valence-corrected chi connectivity index (χ4v) is 2.02. The fraction of sp³-hybridized carbons (Fsp3) is 0.462. The summed E-state index contributed by atoms with van der Waals surface area (Å²) in [5.41, 5.74) is 3.02. The summed E-state index contributed by atoms with van der Waals surface area (Å²) in [6, 6.07) is 1.87. The number of aromatic nitrogens is 4. The highest BCUT2D eigenvalue weighted by atomic mass is 16.5. The summed E-state index contributed by atoms with van der Waals surface area (Å²) in [4.78, 5) is 8.50. The van der Waals surface area contributed by atoms with Gasteiger partial charge in [0.1, 0.15) is 0 Å². The smallest absolute Gasteiger partial charge is 0.223 e. The Bertz CT molecular complexity index is 564. The lowest BCUT2D eigenvalue weighted by Gasteiger charge is -2.07. The molecule has 0 radical (unpaired) electrons. The van der Waals surface area contributed by atoms with Crippen molar-refractivity contribution >= 4 is 5.95 Å². The minimum atomic E-state index is 0.601. The van der Waals surface area contributed by atoms with E-state index in [1.807, 2.05) is 20.0 Å². The highest BCUT2D eigenvalue weighted by molar-refractivity contribution is 5.36. The first-order valence-electron chi connectivity index (χ1n) is 6.28. The second kappa shape index (κ2) is 5.69. The van der Waals surface area contributed by atoms with Gasteiger partial charge in [-0.2, -0.15) is 5.10 Å². The average Bonchev–Trinajstić information content (AvgIpc) is 2.71. The second-order valence-corrected chi connectivity index (χ2v) is 4.29. The molecule has 102 valence electrons. The summed E-state index contributed by atoms with van der Waals surface area (Å²) >= 11 is 0. The summed E-state index contributed by atoms with van der Waals surface area (Å²) < 4.78 is 7.15. The molecule has 0 fully saturated rings. The summed E-state index contributed by atoms with van der Waals surface area (Å²) in [6.45, 7) is 4.62. The van der Waals surface area contributed by atoms with Crippen molar-refractivity contribution < 1.29 is 4.74 Å². The minimum absolute atomic E-state index is 0.601. The Morgan fingerprint density at radius 2 is 2.21 bits per heavy atom. The highest BCUT2D eigenvalue weighted by Gasteiger charge is 2.15. The minimum Gasteiger partial charge on any atom is -0.481 e. The Balaban J connectivity index is 2.19. The molecule has 0 aliphatic rings. The Morgan fingerprint density at radius 3 is 2.84 bits per heavy atom. The monoisotopic (exact) mass is 261 g/mol. The summed E-state index contributed by atoms with van der Waals surface area (Å²) in [5.74, 6) is 1.39. The normalized spacial score (nSPS) is 10.5. The van der Waals surface area contributed by atoms with Crippen molar-refractivity contribution in [2.45, 2.75) is 26.8 Å². The van der Waals surface area contributed by atoms with E-state index in [-0.39, 0.29) is 0 Å². The van der Waals surface area contributed by atoms with Crippen molar-refractivity contribution in [3.8, 4) is 5.88 Å². The molecule has 6 nitrogen and oxygen atoms in total. The zero-order valence-electron chi connectivity index (χ0n) is 11.8. The maximum Gasteiger partial charge on any atom is 0.223 e. The molecule has 1 N–H and O–H groups in total. The zero-order valence-corrected chi connectivity index (χ0v) is 11.8. The molecule has 0 aliphatic heterocycles. The lowest BCUT2D eigenvalue weighted by molar-refractivity contribution is 0.369. The van der Waals surface area contributed by atoms with Crippen molar-refractivity contribution in [1.29, 1.82) is 0 Å². The van der Waals surface area contributed by atoms with Gasteiger partial charge < -0.3 is 10.1 Å². The van der Waals surface area contributed by atoms with Gasteiger partial charge in [0, 0.05) is 18.9 Å². The maximum atomic E-state index is 5.39. The molecule has 0 aromatic carbocycles. The van der Waals surface area contributed by atoms with Gasteiger partial charge in [-0.3, -0.25) is 0 Å². The standard InChI is InChI=1S/C13H19N5O/c1-5-11-10(12(19-4)18(3)17-11)8-15-13-14-7-6-9(2)16-13/h6-7H,5,8H2,1-4H3,(H,14,15,16). The van der Waals surface area contributed by atoms with Gasteiger partial charge in [0.05, 0.1) is 24.9 Å². The van der Waals surface area contributed by atoms with Crippen molar-refractivity contribution in [2.75, 3.05) is 12.4 Å². The SMILES string of the molecule is CCc1nn(C)c(OC)c1CNc1nccc(C)n1. The number of rotatable bonds is 5. The quantitative estimate of drug-likeness (QED) is 0.887. The molecule has 0 saturated heterocycles. The number of nitrogens with zero attached hydrogens (tertiary/aromatic N) is 4. The highest BCUT2D eigenvalue weighted by Crippen LogP contribution is 2.22. The largest absolute Gasteiger partial charge is 0.481 e. The number of hydrogen-bond donors (Lipinski definition) is 1. The van der Waals surface area contributed by atoms with Gasteiger partial charge in [-0.1, -0.05) is 6.92 Å². The summed E-state index contributed by atoms with van der Waals surface area (Å²) in [6.07, 6.45) is 2.61. The van der Waals surface area contributed by atoms with Crippen LogP contribution in [0.3, 0.4) is 0 Å². The van der Waals surface area contributed by atoms with E-state index in [9.17, 15) is 0 Å². The van der Waals surface area contributed by atoms with Crippen LogP contribution in [-0.2, 0) is 20.0 Å². The molecule has 2 heterocycles. The third-order valence-corrected chi connectivity index (χ3v) is 2.92. The number of aryl methyl sites for hydroxylation is 3. The van der Waals surface area contributed by atoms with Crippen LogP contribution in [0.1, 0.15) is 23.9 Å². The fourth-order valence-electron chi connectivity index (χ4n) is 2.02. The molecule has 0 unspecified atom stereocenters. The average molecular weight is 261 g/mol. The van der Waals surface area contributed by atoms with Crippen LogP contribution in [0.5, 0.6) is 5.88 Å². The van der Waals surface area contributed by atoms with Gasteiger partial charge in [0.2, 0.25) is 11.8 Å². The Kier molecular flexibility index (Phi) is 3.99. The van der Waals surface area contributed by atoms with Gasteiger partial charge in [0.15, 0.2) is 0 Å². The molecule has 0 bridgehead atoms. The first kappa shape index (κ1) is 13.3. The molecule has 0 aliphatic carbocycles. The van der Waals surface area contributed by atoms with Crippen molar-refractivity contribution in [1.82, 2.24) is 19.7 Å². The maximum absolute atomic E-state index is 5.39. The van der Waals surface area contributed by atoms with E-state index >= 15 is 0 Å². The third-order valence-electron chi connectivity index (χ3n) is 2.92. The van der Waals surface area contributed by atoms with Crippen LogP contribution in [0.25, 0.3) is 0 Å².